The van der Waals surface area contributed by atoms with E-state index in [1.54, 1.807) is 0 Å². The van der Waals surface area contributed by atoms with Gasteiger partial charge in [0.25, 0.3) is 0 Å². The molecule has 4 rings (SSSR count). The zero-order chi connectivity index (χ0) is 11.4. The molecule has 17 heavy (non-hydrogen) atoms. The SMILES string of the molecule is OCc1nnc(C2CC3CCC2C3)n1C1CC1. The maximum atomic E-state index is 9.36. The molecule has 1 aromatic heterocycles. The molecule has 0 aromatic carbocycles. The third-order valence-electron chi connectivity index (χ3n) is 4.92. The van der Waals surface area contributed by atoms with Gasteiger partial charge in [0.05, 0.1) is 0 Å². The second-order valence-corrected chi connectivity index (χ2v) is 6.02. The van der Waals surface area contributed by atoms with Crippen LogP contribution in [0, 0.1) is 11.8 Å². The number of hydrogen-bond acceptors (Lipinski definition) is 3. The maximum absolute atomic E-state index is 9.36. The average molecular weight is 233 g/mol. The standard InChI is InChI=1S/C13H19N3O/c17-7-12-14-15-13(16(12)10-3-4-10)11-6-8-1-2-9(11)5-8/h8-11,17H,1-7H2. The van der Waals surface area contributed by atoms with E-state index in [1.807, 2.05) is 0 Å². The monoisotopic (exact) mass is 233 g/mol. The van der Waals surface area contributed by atoms with E-state index in [4.69, 9.17) is 0 Å². The summed E-state index contributed by atoms with van der Waals surface area (Å²) < 4.78 is 2.26. The fourth-order valence-corrected chi connectivity index (χ4v) is 3.99. The van der Waals surface area contributed by atoms with Crippen molar-refractivity contribution >= 4 is 0 Å². The minimum absolute atomic E-state index is 0.0321. The minimum atomic E-state index is 0.0321. The van der Waals surface area contributed by atoms with Crippen molar-refractivity contribution in [3.05, 3.63) is 11.6 Å². The first-order chi connectivity index (χ1) is 8.36. The molecule has 3 atom stereocenters. The molecule has 0 radical (unpaired) electrons. The van der Waals surface area contributed by atoms with Gasteiger partial charge in [0.2, 0.25) is 0 Å². The van der Waals surface area contributed by atoms with Crippen molar-refractivity contribution in [1.29, 1.82) is 0 Å². The average Bonchev–Trinajstić information content (AvgIpc) is 2.81. The van der Waals surface area contributed by atoms with E-state index >= 15 is 0 Å². The number of hydrogen-bond donors (Lipinski definition) is 1. The van der Waals surface area contributed by atoms with Crippen LogP contribution in [0.5, 0.6) is 0 Å². The zero-order valence-corrected chi connectivity index (χ0v) is 10.0. The van der Waals surface area contributed by atoms with Crippen molar-refractivity contribution in [3.8, 4) is 0 Å². The number of fused-ring (bicyclic) bond motifs is 2. The van der Waals surface area contributed by atoms with E-state index in [1.165, 1.54) is 44.3 Å². The minimum Gasteiger partial charge on any atom is -0.388 e. The highest BCUT2D eigenvalue weighted by molar-refractivity contribution is 5.12. The molecule has 92 valence electrons. The van der Waals surface area contributed by atoms with Gasteiger partial charge in [-0.1, -0.05) is 6.42 Å². The fraction of sp³-hybridized carbons (Fsp3) is 0.846. The molecule has 1 aromatic rings. The topological polar surface area (TPSA) is 50.9 Å². The molecule has 0 saturated heterocycles. The highest BCUT2D eigenvalue weighted by Gasteiger charge is 2.44. The van der Waals surface area contributed by atoms with E-state index in [-0.39, 0.29) is 6.61 Å². The molecule has 0 spiro atoms. The van der Waals surface area contributed by atoms with Crippen LogP contribution >= 0.6 is 0 Å². The van der Waals surface area contributed by atoms with Crippen LogP contribution in [-0.4, -0.2) is 19.9 Å². The van der Waals surface area contributed by atoms with E-state index in [9.17, 15) is 5.11 Å². The Kier molecular flexibility index (Phi) is 2.10. The van der Waals surface area contributed by atoms with Crippen molar-refractivity contribution in [1.82, 2.24) is 14.8 Å². The summed E-state index contributed by atoms with van der Waals surface area (Å²) in [7, 11) is 0. The van der Waals surface area contributed by atoms with Gasteiger partial charge in [0.15, 0.2) is 5.82 Å². The summed E-state index contributed by atoms with van der Waals surface area (Å²) in [5.41, 5.74) is 0. The van der Waals surface area contributed by atoms with Gasteiger partial charge in [0, 0.05) is 12.0 Å². The Balaban J connectivity index is 1.71. The lowest BCUT2D eigenvalue weighted by Crippen LogP contribution is -2.15. The van der Waals surface area contributed by atoms with Crippen LogP contribution < -0.4 is 0 Å². The van der Waals surface area contributed by atoms with E-state index in [0.717, 1.165) is 17.7 Å². The van der Waals surface area contributed by atoms with Crippen molar-refractivity contribution in [3.63, 3.8) is 0 Å². The molecular weight excluding hydrogens is 214 g/mol. The van der Waals surface area contributed by atoms with Crippen LogP contribution in [0.25, 0.3) is 0 Å². The Bertz CT molecular complexity index is 438. The zero-order valence-electron chi connectivity index (χ0n) is 10.0. The van der Waals surface area contributed by atoms with Crippen LogP contribution in [0.3, 0.4) is 0 Å². The predicted molar refractivity (Wildman–Crippen MR) is 62.4 cm³/mol. The number of nitrogens with zero attached hydrogens (tertiary/aromatic N) is 3. The molecule has 2 bridgehead atoms. The number of aliphatic hydroxyl groups excluding tert-OH is 1. The Morgan fingerprint density at radius 3 is 2.59 bits per heavy atom. The Morgan fingerprint density at radius 1 is 1.12 bits per heavy atom. The first-order valence-electron chi connectivity index (χ1n) is 6.91. The first kappa shape index (κ1) is 10.1. The lowest BCUT2D eigenvalue weighted by Gasteiger charge is -2.21. The van der Waals surface area contributed by atoms with Crippen LogP contribution in [0.4, 0.5) is 0 Å². The molecule has 3 unspecified atom stereocenters. The van der Waals surface area contributed by atoms with Crippen molar-refractivity contribution in [2.24, 2.45) is 11.8 Å². The third kappa shape index (κ3) is 1.46. The summed E-state index contributed by atoms with van der Waals surface area (Å²) in [6, 6.07) is 0.585. The Labute approximate surface area is 101 Å². The molecule has 1 N–H and O–H groups in total. The first-order valence-corrected chi connectivity index (χ1v) is 6.91. The Morgan fingerprint density at radius 2 is 2.00 bits per heavy atom. The molecule has 3 aliphatic carbocycles. The summed E-state index contributed by atoms with van der Waals surface area (Å²) in [6.45, 7) is 0.0321. The summed E-state index contributed by atoms with van der Waals surface area (Å²) in [5, 5.41) is 17.9. The van der Waals surface area contributed by atoms with Gasteiger partial charge in [-0.05, 0) is 43.9 Å². The second-order valence-electron chi connectivity index (χ2n) is 6.02. The van der Waals surface area contributed by atoms with Gasteiger partial charge in [-0.3, -0.25) is 0 Å². The molecule has 0 amide bonds. The van der Waals surface area contributed by atoms with Crippen LogP contribution in [0.2, 0.25) is 0 Å². The van der Waals surface area contributed by atoms with Crippen molar-refractivity contribution < 1.29 is 5.11 Å². The third-order valence-corrected chi connectivity index (χ3v) is 4.92. The molecule has 1 heterocycles. The molecule has 3 saturated carbocycles. The summed E-state index contributed by atoms with van der Waals surface area (Å²) in [6.07, 6.45) is 7.97. The molecule has 4 nitrogen and oxygen atoms in total. The van der Waals surface area contributed by atoms with Gasteiger partial charge >= 0.3 is 0 Å². The molecule has 3 fully saturated rings. The number of aromatic nitrogens is 3. The number of aliphatic hydroxyl groups is 1. The molecule has 0 aliphatic heterocycles. The Hall–Kier alpha value is -0.900. The molecule has 4 heteroatoms. The van der Waals surface area contributed by atoms with Crippen molar-refractivity contribution in [2.75, 3.05) is 0 Å². The van der Waals surface area contributed by atoms with Crippen molar-refractivity contribution in [2.45, 2.75) is 57.1 Å². The second kappa shape index (κ2) is 3.55. The van der Waals surface area contributed by atoms with E-state index in [2.05, 4.69) is 14.8 Å². The smallest absolute Gasteiger partial charge is 0.159 e. The van der Waals surface area contributed by atoms with Gasteiger partial charge in [0.1, 0.15) is 12.4 Å². The van der Waals surface area contributed by atoms with Crippen LogP contribution in [0.1, 0.15) is 62.1 Å². The van der Waals surface area contributed by atoms with Crippen LogP contribution in [-0.2, 0) is 6.61 Å². The van der Waals surface area contributed by atoms with E-state index in [0.29, 0.717) is 12.0 Å². The summed E-state index contributed by atoms with van der Waals surface area (Å²) >= 11 is 0. The van der Waals surface area contributed by atoms with Gasteiger partial charge in [-0.25, -0.2) is 0 Å². The molecule has 3 aliphatic rings. The fourth-order valence-electron chi connectivity index (χ4n) is 3.99. The summed E-state index contributed by atoms with van der Waals surface area (Å²) in [5.74, 6) is 4.37. The normalized spacial score (nSPS) is 35.7. The quantitative estimate of drug-likeness (QED) is 0.868. The highest BCUT2D eigenvalue weighted by Crippen LogP contribution is 2.53. The molecular formula is C13H19N3O. The van der Waals surface area contributed by atoms with Gasteiger partial charge in [-0.15, -0.1) is 10.2 Å². The predicted octanol–water partition coefficient (Wildman–Crippen LogP) is 2.01. The lowest BCUT2D eigenvalue weighted by molar-refractivity contribution is 0.263. The highest BCUT2D eigenvalue weighted by atomic mass is 16.3. The lowest BCUT2D eigenvalue weighted by atomic mass is 9.88. The number of rotatable bonds is 3. The van der Waals surface area contributed by atoms with Crippen LogP contribution in [0.15, 0.2) is 0 Å². The van der Waals surface area contributed by atoms with Gasteiger partial charge < -0.3 is 9.67 Å². The van der Waals surface area contributed by atoms with E-state index < -0.39 is 0 Å². The summed E-state index contributed by atoms with van der Waals surface area (Å²) in [4.78, 5) is 0. The van der Waals surface area contributed by atoms with Gasteiger partial charge in [-0.2, -0.15) is 0 Å². The largest absolute Gasteiger partial charge is 0.388 e. The maximum Gasteiger partial charge on any atom is 0.159 e.